The fraction of sp³-hybridized carbons (Fsp3) is 0.0741. The molecule has 1 N–H and O–H groups in total. The number of nitrogens with zero attached hydrogens (tertiary/aromatic N) is 2. The highest BCUT2D eigenvalue weighted by atomic mass is 16.5. The minimum absolute atomic E-state index is 0.00461. The molecule has 5 aromatic rings. The van der Waals surface area contributed by atoms with Gasteiger partial charge in [0.1, 0.15) is 29.7 Å². The van der Waals surface area contributed by atoms with Gasteiger partial charge in [-0.2, -0.15) is 5.26 Å². The molecule has 3 aromatic carbocycles. The number of benzene rings is 3. The Morgan fingerprint density at radius 3 is 2.58 bits per heavy atom. The molecule has 0 fully saturated rings. The molecule has 0 aliphatic carbocycles. The molecule has 0 aliphatic heterocycles. The maximum atomic E-state index is 12.3. The van der Waals surface area contributed by atoms with Crippen LogP contribution in [0, 0.1) is 18.3 Å². The Bertz CT molecular complexity index is 1560. The quantitative estimate of drug-likeness (QED) is 0.359. The topological polar surface area (TPSA) is 96.3 Å². The van der Waals surface area contributed by atoms with Crippen LogP contribution in [0.25, 0.3) is 33.3 Å². The normalized spacial score (nSPS) is 10.9. The number of ether oxygens (including phenoxy) is 1. The zero-order chi connectivity index (χ0) is 22.9. The summed E-state index contributed by atoms with van der Waals surface area (Å²) in [5, 5.41) is 20.9. The van der Waals surface area contributed by atoms with Crippen LogP contribution in [0.3, 0.4) is 0 Å². The van der Waals surface area contributed by atoms with E-state index in [1.54, 1.807) is 12.1 Å². The first-order valence-electron chi connectivity index (χ1n) is 10.3. The number of para-hydroxylation sites is 1. The van der Waals surface area contributed by atoms with Gasteiger partial charge in [0.15, 0.2) is 5.76 Å². The van der Waals surface area contributed by atoms with Crippen molar-refractivity contribution in [2.75, 3.05) is 0 Å². The molecular weight excluding hydrogens is 416 g/mol. The van der Waals surface area contributed by atoms with Crippen molar-refractivity contribution in [3.63, 3.8) is 0 Å². The third-order valence-corrected chi connectivity index (χ3v) is 5.59. The summed E-state index contributed by atoms with van der Waals surface area (Å²) in [6, 6.07) is 23.9. The summed E-state index contributed by atoms with van der Waals surface area (Å²) in [6.45, 7) is 2.16. The number of hydrogen-bond donors (Lipinski definition) is 1. The molecule has 5 rings (SSSR count). The molecule has 2 heterocycles. The van der Waals surface area contributed by atoms with Crippen LogP contribution in [0.1, 0.15) is 27.0 Å². The number of furan rings is 1. The smallest absolute Gasteiger partial charge is 0.336 e. The molecule has 0 spiro atoms. The van der Waals surface area contributed by atoms with E-state index in [-0.39, 0.29) is 28.6 Å². The van der Waals surface area contributed by atoms with Crippen molar-refractivity contribution in [3.8, 4) is 23.3 Å². The second-order valence-electron chi connectivity index (χ2n) is 7.63. The van der Waals surface area contributed by atoms with Crippen molar-refractivity contribution in [3.05, 3.63) is 95.1 Å². The molecule has 0 unspecified atom stereocenters. The number of carbonyl (C=O) groups is 1. The third kappa shape index (κ3) is 3.56. The maximum absolute atomic E-state index is 12.3. The van der Waals surface area contributed by atoms with Crippen LogP contribution < -0.4 is 4.74 Å². The highest BCUT2D eigenvalue weighted by molar-refractivity contribution is 6.08. The fourth-order valence-electron chi connectivity index (χ4n) is 3.96. The minimum Gasteiger partial charge on any atom is -0.488 e. The van der Waals surface area contributed by atoms with E-state index in [0.29, 0.717) is 22.8 Å². The highest BCUT2D eigenvalue weighted by Crippen LogP contribution is 2.37. The van der Waals surface area contributed by atoms with Crippen LogP contribution in [-0.2, 0) is 6.61 Å². The first-order chi connectivity index (χ1) is 16.1. The summed E-state index contributed by atoms with van der Waals surface area (Å²) in [6.07, 6.45) is 0. The van der Waals surface area contributed by atoms with Crippen LogP contribution in [0.15, 0.2) is 77.2 Å². The molecule has 0 bridgehead atoms. The molecule has 6 heteroatoms. The van der Waals surface area contributed by atoms with Crippen molar-refractivity contribution >= 4 is 27.8 Å². The Morgan fingerprint density at radius 1 is 1.09 bits per heavy atom. The van der Waals surface area contributed by atoms with E-state index in [9.17, 15) is 15.2 Å². The van der Waals surface area contributed by atoms with Crippen molar-refractivity contribution in [1.29, 1.82) is 5.26 Å². The SMILES string of the molecule is Cc1c(-c2cc(C(=O)O)c3c(OCc4ccccc4)ccc(C#N)c3n2)oc2ccccc12. The molecule has 2 aromatic heterocycles. The minimum atomic E-state index is -1.14. The van der Waals surface area contributed by atoms with E-state index < -0.39 is 5.97 Å². The van der Waals surface area contributed by atoms with Gasteiger partial charge in [0, 0.05) is 10.9 Å². The van der Waals surface area contributed by atoms with Crippen LogP contribution in [0.5, 0.6) is 5.75 Å². The number of aromatic nitrogens is 1. The van der Waals surface area contributed by atoms with Gasteiger partial charge in [0.05, 0.1) is 22.0 Å². The lowest BCUT2D eigenvalue weighted by Crippen LogP contribution is -2.04. The average molecular weight is 434 g/mol. The molecule has 0 radical (unpaired) electrons. The zero-order valence-corrected chi connectivity index (χ0v) is 17.7. The van der Waals surface area contributed by atoms with Gasteiger partial charge < -0.3 is 14.3 Å². The summed E-state index contributed by atoms with van der Waals surface area (Å²) in [7, 11) is 0. The molecule has 160 valence electrons. The first kappa shape index (κ1) is 20.3. The lowest BCUT2D eigenvalue weighted by Gasteiger charge is -2.13. The van der Waals surface area contributed by atoms with Crippen molar-refractivity contribution < 1.29 is 19.1 Å². The summed E-state index contributed by atoms with van der Waals surface area (Å²) in [5.74, 6) is -0.317. The number of rotatable bonds is 5. The summed E-state index contributed by atoms with van der Waals surface area (Å²) >= 11 is 0. The number of pyridine rings is 1. The second kappa shape index (κ2) is 8.13. The van der Waals surface area contributed by atoms with Crippen LogP contribution >= 0.6 is 0 Å². The van der Waals surface area contributed by atoms with Gasteiger partial charge in [-0.05, 0) is 36.8 Å². The molecule has 0 atom stereocenters. The first-order valence-corrected chi connectivity index (χ1v) is 10.3. The number of nitriles is 1. The maximum Gasteiger partial charge on any atom is 0.336 e. The van der Waals surface area contributed by atoms with E-state index >= 15 is 0 Å². The van der Waals surface area contributed by atoms with E-state index in [1.165, 1.54) is 6.07 Å². The summed E-state index contributed by atoms with van der Waals surface area (Å²) in [4.78, 5) is 17.0. The Labute approximate surface area is 189 Å². The second-order valence-corrected chi connectivity index (χ2v) is 7.63. The van der Waals surface area contributed by atoms with E-state index in [4.69, 9.17) is 9.15 Å². The van der Waals surface area contributed by atoms with Crippen LogP contribution in [0.4, 0.5) is 0 Å². The Balaban J connectivity index is 1.72. The monoisotopic (exact) mass is 434 g/mol. The number of carboxylic acids is 1. The van der Waals surface area contributed by atoms with Gasteiger partial charge in [-0.1, -0.05) is 48.5 Å². The van der Waals surface area contributed by atoms with Gasteiger partial charge in [-0.15, -0.1) is 0 Å². The molecule has 0 saturated carbocycles. The molecule has 0 aliphatic rings. The number of hydrogen-bond acceptors (Lipinski definition) is 5. The average Bonchev–Trinajstić information content (AvgIpc) is 3.19. The van der Waals surface area contributed by atoms with Crippen LogP contribution in [0.2, 0.25) is 0 Å². The zero-order valence-electron chi connectivity index (χ0n) is 17.7. The van der Waals surface area contributed by atoms with E-state index in [0.717, 1.165) is 16.5 Å². The predicted octanol–water partition coefficient (Wildman–Crippen LogP) is 6.11. The summed E-state index contributed by atoms with van der Waals surface area (Å²) in [5.41, 5.74) is 3.34. The van der Waals surface area contributed by atoms with E-state index in [2.05, 4.69) is 11.1 Å². The molecule has 33 heavy (non-hydrogen) atoms. The van der Waals surface area contributed by atoms with Gasteiger partial charge in [0.25, 0.3) is 0 Å². The number of carboxylic acid groups (broad SMARTS) is 1. The molecule has 0 saturated heterocycles. The van der Waals surface area contributed by atoms with E-state index in [1.807, 2.05) is 61.5 Å². The molecular formula is C27H18N2O4. The van der Waals surface area contributed by atoms with Gasteiger partial charge >= 0.3 is 5.97 Å². The van der Waals surface area contributed by atoms with Crippen molar-refractivity contribution in [2.45, 2.75) is 13.5 Å². The summed E-state index contributed by atoms with van der Waals surface area (Å²) < 4.78 is 12.0. The Kier molecular flexibility index (Phi) is 5.00. The van der Waals surface area contributed by atoms with Gasteiger partial charge in [-0.3, -0.25) is 0 Å². The Morgan fingerprint density at radius 2 is 1.85 bits per heavy atom. The number of aromatic carboxylic acids is 1. The number of fused-ring (bicyclic) bond motifs is 2. The lowest BCUT2D eigenvalue weighted by atomic mass is 10.0. The molecule has 6 nitrogen and oxygen atoms in total. The lowest BCUT2D eigenvalue weighted by molar-refractivity contribution is 0.0698. The standard InChI is InChI=1S/C27H18N2O4/c1-16-19-9-5-6-10-22(19)33-26(16)21-13-20(27(30)31)24-23(12-11-18(14-28)25(24)29-21)32-15-17-7-3-2-4-8-17/h2-13H,15H2,1H3,(H,30,31). The highest BCUT2D eigenvalue weighted by Gasteiger charge is 2.22. The van der Waals surface area contributed by atoms with Gasteiger partial charge in [0.2, 0.25) is 0 Å². The van der Waals surface area contributed by atoms with Gasteiger partial charge in [-0.25, -0.2) is 9.78 Å². The Hall–Kier alpha value is -4.63. The third-order valence-electron chi connectivity index (χ3n) is 5.59. The van der Waals surface area contributed by atoms with Crippen molar-refractivity contribution in [2.24, 2.45) is 0 Å². The fourth-order valence-corrected chi connectivity index (χ4v) is 3.96. The molecule has 0 amide bonds. The van der Waals surface area contributed by atoms with Crippen LogP contribution in [-0.4, -0.2) is 16.1 Å². The van der Waals surface area contributed by atoms with Crippen molar-refractivity contribution in [1.82, 2.24) is 4.98 Å². The predicted molar refractivity (Wildman–Crippen MR) is 124 cm³/mol. The number of aryl methyl sites for hydroxylation is 1. The largest absolute Gasteiger partial charge is 0.488 e.